The van der Waals surface area contributed by atoms with Gasteiger partial charge in [-0.3, -0.25) is 9.97 Å². The molecule has 0 unspecified atom stereocenters. The van der Waals surface area contributed by atoms with Crippen LogP contribution in [-0.2, 0) is 0 Å². The van der Waals surface area contributed by atoms with Crippen molar-refractivity contribution < 1.29 is 0 Å². The van der Waals surface area contributed by atoms with Crippen LogP contribution < -0.4 is 10.9 Å². The van der Waals surface area contributed by atoms with Gasteiger partial charge in [0.2, 0.25) is 0 Å². The first-order valence-corrected chi connectivity index (χ1v) is 5.77. The second kappa shape index (κ2) is 3.84. The maximum atomic E-state index is 5.81. The van der Waals surface area contributed by atoms with E-state index < -0.39 is 0 Å². The standard InChI is InChI=1S/C14H10B2N2/c1-7-8(2)12-4-10(16)6-18-14(12)13-11(7)3-9(15)5-17-13/h3-6H,1-2H3. The third-order valence-corrected chi connectivity index (χ3v) is 3.41. The van der Waals surface area contributed by atoms with E-state index in [1.165, 1.54) is 11.1 Å². The highest BCUT2D eigenvalue weighted by Crippen LogP contribution is 2.28. The summed E-state index contributed by atoms with van der Waals surface area (Å²) >= 11 is 0. The number of hydrogen-bond acceptors (Lipinski definition) is 2. The number of aromatic nitrogens is 2. The van der Waals surface area contributed by atoms with Crippen LogP contribution in [0.5, 0.6) is 0 Å². The molecule has 0 N–H and O–H groups in total. The summed E-state index contributed by atoms with van der Waals surface area (Å²) in [5, 5.41) is 2.11. The van der Waals surface area contributed by atoms with Crippen LogP contribution in [-0.4, -0.2) is 25.7 Å². The van der Waals surface area contributed by atoms with Crippen molar-refractivity contribution in [3.63, 3.8) is 0 Å². The molecule has 0 saturated carbocycles. The molecule has 18 heavy (non-hydrogen) atoms. The molecule has 0 saturated heterocycles. The van der Waals surface area contributed by atoms with Crippen LogP contribution in [0.4, 0.5) is 0 Å². The van der Waals surface area contributed by atoms with E-state index in [1.54, 1.807) is 12.4 Å². The van der Waals surface area contributed by atoms with Crippen molar-refractivity contribution in [1.29, 1.82) is 0 Å². The van der Waals surface area contributed by atoms with Gasteiger partial charge in [-0.2, -0.15) is 0 Å². The van der Waals surface area contributed by atoms with Crippen LogP contribution in [0.1, 0.15) is 11.1 Å². The van der Waals surface area contributed by atoms with E-state index in [9.17, 15) is 0 Å². The van der Waals surface area contributed by atoms with Crippen LogP contribution in [0.2, 0.25) is 0 Å². The van der Waals surface area contributed by atoms with Gasteiger partial charge in [0.05, 0.1) is 11.0 Å². The fourth-order valence-electron chi connectivity index (χ4n) is 2.31. The SMILES string of the molecule is [B]c1cnc2c(c1)c(C)c(C)c1cc([B])cnc12. The summed E-state index contributed by atoms with van der Waals surface area (Å²) in [6.07, 6.45) is 3.32. The third-order valence-electron chi connectivity index (χ3n) is 3.41. The lowest BCUT2D eigenvalue weighted by atomic mass is 9.90. The maximum absolute atomic E-state index is 5.81. The van der Waals surface area contributed by atoms with Crippen molar-refractivity contribution in [2.75, 3.05) is 0 Å². The highest BCUT2D eigenvalue weighted by molar-refractivity contribution is 6.34. The summed E-state index contributed by atoms with van der Waals surface area (Å²) < 4.78 is 0. The zero-order chi connectivity index (χ0) is 12.9. The Morgan fingerprint density at radius 2 is 1.17 bits per heavy atom. The molecule has 0 aliphatic carbocycles. The van der Waals surface area contributed by atoms with E-state index in [2.05, 4.69) is 23.8 Å². The minimum Gasteiger partial charge on any atom is -0.255 e. The van der Waals surface area contributed by atoms with Gasteiger partial charge in [-0.15, -0.1) is 0 Å². The third kappa shape index (κ3) is 1.52. The first-order valence-electron chi connectivity index (χ1n) is 5.77. The van der Waals surface area contributed by atoms with Crippen LogP contribution in [0.25, 0.3) is 21.8 Å². The first kappa shape index (κ1) is 11.3. The number of aryl methyl sites for hydroxylation is 2. The molecule has 82 valence electrons. The summed E-state index contributed by atoms with van der Waals surface area (Å²) in [4.78, 5) is 8.82. The van der Waals surface area contributed by atoms with Gasteiger partial charge in [0.15, 0.2) is 0 Å². The van der Waals surface area contributed by atoms with Crippen LogP contribution in [0.3, 0.4) is 0 Å². The molecule has 0 amide bonds. The summed E-state index contributed by atoms with van der Waals surface area (Å²) in [5.41, 5.74) is 5.43. The Morgan fingerprint density at radius 1 is 0.778 bits per heavy atom. The molecular weight excluding hydrogens is 218 g/mol. The molecule has 1 aromatic carbocycles. The van der Waals surface area contributed by atoms with Gasteiger partial charge in [-0.25, -0.2) is 0 Å². The van der Waals surface area contributed by atoms with Crippen molar-refractivity contribution in [2.45, 2.75) is 13.8 Å². The van der Waals surface area contributed by atoms with E-state index in [4.69, 9.17) is 15.7 Å². The lowest BCUT2D eigenvalue weighted by Crippen LogP contribution is -2.07. The van der Waals surface area contributed by atoms with Crippen molar-refractivity contribution >= 4 is 48.4 Å². The molecule has 0 fully saturated rings. The number of hydrogen-bond donors (Lipinski definition) is 0. The summed E-state index contributed by atoms with van der Waals surface area (Å²) in [6.45, 7) is 4.14. The van der Waals surface area contributed by atoms with Gasteiger partial charge in [0, 0.05) is 23.2 Å². The molecule has 3 aromatic rings. The Balaban J connectivity index is 2.62. The molecular formula is C14H10B2N2. The van der Waals surface area contributed by atoms with Gasteiger partial charge < -0.3 is 0 Å². The van der Waals surface area contributed by atoms with E-state index in [-0.39, 0.29) is 0 Å². The number of rotatable bonds is 0. The number of pyridine rings is 2. The van der Waals surface area contributed by atoms with Crippen molar-refractivity contribution in [2.24, 2.45) is 0 Å². The second-order valence-electron chi connectivity index (χ2n) is 4.58. The summed E-state index contributed by atoms with van der Waals surface area (Å²) in [6, 6.07) is 3.89. The topological polar surface area (TPSA) is 25.8 Å². The Bertz CT molecular complexity index is 715. The van der Waals surface area contributed by atoms with Gasteiger partial charge >= 0.3 is 0 Å². The predicted molar refractivity (Wildman–Crippen MR) is 77.3 cm³/mol. The zero-order valence-corrected chi connectivity index (χ0v) is 10.4. The van der Waals surface area contributed by atoms with Crippen molar-refractivity contribution in [3.05, 3.63) is 35.7 Å². The van der Waals surface area contributed by atoms with E-state index in [0.29, 0.717) is 10.9 Å². The molecule has 2 heterocycles. The number of benzene rings is 1. The predicted octanol–water partition coefficient (Wildman–Crippen LogP) is 0.987. The van der Waals surface area contributed by atoms with E-state index >= 15 is 0 Å². The monoisotopic (exact) mass is 228 g/mol. The molecule has 0 atom stereocenters. The summed E-state index contributed by atoms with van der Waals surface area (Å²) in [7, 11) is 11.6. The molecule has 0 spiro atoms. The highest BCUT2D eigenvalue weighted by Gasteiger charge is 2.10. The quantitative estimate of drug-likeness (QED) is 0.423. The molecule has 4 heteroatoms. The Morgan fingerprint density at radius 3 is 1.56 bits per heavy atom. The number of nitrogens with zero attached hydrogens (tertiary/aromatic N) is 2. The van der Waals surface area contributed by atoms with Gasteiger partial charge in [0.1, 0.15) is 15.7 Å². The largest absolute Gasteiger partial charge is 0.255 e. The fourth-order valence-corrected chi connectivity index (χ4v) is 2.31. The average Bonchev–Trinajstić information content (AvgIpc) is 2.36. The average molecular weight is 228 g/mol. The second-order valence-corrected chi connectivity index (χ2v) is 4.58. The molecule has 0 aliphatic heterocycles. The zero-order valence-electron chi connectivity index (χ0n) is 10.4. The lowest BCUT2D eigenvalue weighted by Gasteiger charge is -2.11. The van der Waals surface area contributed by atoms with Gasteiger partial charge in [-0.05, 0) is 25.0 Å². The molecule has 4 radical (unpaired) electrons. The minimum absolute atomic E-state index is 0.666. The smallest absolute Gasteiger partial charge is 0.115 e. The van der Waals surface area contributed by atoms with Crippen LogP contribution in [0.15, 0.2) is 24.5 Å². The van der Waals surface area contributed by atoms with Crippen molar-refractivity contribution in [1.82, 2.24) is 9.97 Å². The normalized spacial score (nSPS) is 11.2. The van der Waals surface area contributed by atoms with Crippen LogP contribution >= 0.6 is 0 Å². The van der Waals surface area contributed by atoms with Crippen LogP contribution in [0, 0.1) is 13.8 Å². The Hall–Kier alpha value is -1.83. The van der Waals surface area contributed by atoms with Gasteiger partial charge in [-0.1, -0.05) is 23.1 Å². The highest BCUT2D eigenvalue weighted by atomic mass is 14.7. The van der Waals surface area contributed by atoms with E-state index in [1.807, 2.05) is 12.1 Å². The summed E-state index contributed by atoms with van der Waals surface area (Å²) in [5.74, 6) is 0. The Kier molecular flexibility index (Phi) is 2.40. The first-order chi connectivity index (χ1) is 8.58. The van der Waals surface area contributed by atoms with E-state index in [0.717, 1.165) is 21.8 Å². The van der Waals surface area contributed by atoms with Crippen molar-refractivity contribution in [3.8, 4) is 0 Å². The maximum Gasteiger partial charge on any atom is 0.115 e. The molecule has 2 aromatic heterocycles. The lowest BCUT2D eigenvalue weighted by molar-refractivity contribution is 1.34. The molecule has 3 rings (SSSR count). The molecule has 0 aliphatic rings. The van der Waals surface area contributed by atoms with Gasteiger partial charge in [0.25, 0.3) is 0 Å². The molecule has 2 nitrogen and oxygen atoms in total. The Labute approximate surface area is 108 Å². The molecule has 0 bridgehead atoms. The number of fused-ring (bicyclic) bond motifs is 3. The fraction of sp³-hybridized carbons (Fsp3) is 0.143. The minimum atomic E-state index is 0.666.